The number of benzene rings is 3. The second-order valence-electron chi connectivity index (χ2n) is 11.3. The molecule has 46 heavy (non-hydrogen) atoms. The normalized spacial score (nSPS) is 14.3. The van der Waals surface area contributed by atoms with Gasteiger partial charge in [-0.2, -0.15) is 0 Å². The van der Waals surface area contributed by atoms with Crippen LogP contribution in [0, 0.1) is 0 Å². The molecular weight excluding hydrogens is 627 g/mol. The Morgan fingerprint density at radius 1 is 0.674 bits per heavy atom. The van der Waals surface area contributed by atoms with Gasteiger partial charge in [0.25, 0.3) is 0 Å². The molecule has 9 nitrogen and oxygen atoms in total. The summed E-state index contributed by atoms with van der Waals surface area (Å²) in [6.45, 7) is 4.40. The molecule has 0 unspecified atom stereocenters. The molecule has 0 radical (unpaired) electrons. The maximum atomic E-state index is 14.2. The van der Waals surface area contributed by atoms with Gasteiger partial charge in [-0.3, -0.25) is 9.59 Å². The predicted octanol–water partition coefficient (Wildman–Crippen LogP) is 3.63. The third-order valence-electron chi connectivity index (χ3n) is 8.13. The van der Waals surface area contributed by atoms with Crippen molar-refractivity contribution in [1.29, 1.82) is 0 Å². The fourth-order valence-corrected chi connectivity index (χ4v) is 11.5. The summed E-state index contributed by atoms with van der Waals surface area (Å²) in [4.78, 5) is 53.1. The van der Waals surface area contributed by atoms with Crippen molar-refractivity contribution in [2.45, 2.75) is 32.8 Å². The van der Waals surface area contributed by atoms with Crippen LogP contribution in [0.5, 0.6) is 0 Å². The van der Waals surface area contributed by atoms with Crippen molar-refractivity contribution in [3.63, 3.8) is 0 Å². The molecule has 2 amide bonds. The molecule has 0 aromatic heterocycles. The zero-order valence-electron chi connectivity index (χ0n) is 26.4. The number of rotatable bonds is 14. The molecule has 0 bridgehead atoms. The summed E-state index contributed by atoms with van der Waals surface area (Å²) >= 11 is 8.09. The molecule has 246 valence electrons. The van der Waals surface area contributed by atoms with Crippen LogP contribution in [0.2, 0.25) is 0 Å². The maximum absolute atomic E-state index is 14.2. The number of piperazine rings is 1. The number of nitrogens with zero attached hydrogens (tertiary/aromatic N) is 2. The summed E-state index contributed by atoms with van der Waals surface area (Å²) < 4.78 is 15.7. The summed E-state index contributed by atoms with van der Waals surface area (Å²) in [7, 11) is 0. The summed E-state index contributed by atoms with van der Waals surface area (Å²) in [6, 6.07) is 29.8. The van der Waals surface area contributed by atoms with E-state index in [1.807, 2.05) is 95.9 Å². The standard InChI is InChI=1S/C35H42ClN2O7P/c1-28(39)44-25-30(26-45-29(2)40)43-24-12-19-34(41)37-20-22-38(23-21-37)35(42)27-46(36,31-13-6-3-7-14-31,32-15-8-4-9-16-32)33-17-10-5-11-18-33/h3-11,13-18,30H,12,19-27H2,1-2H3. The molecule has 1 fully saturated rings. The number of ether oxygens (including phenoxy) is 3. The first-order valence-corrected chi connectivity index (χ1v) is 18.8. The fourth-order valence-electron chi connectivity index (χ4n) is 5.69. The Morgan fingerprint density at radius 2 is 1.07 bits per heavy atom. The van der Waals surface area contributed by atoms with Gasteiger partial charge in [0.1, 0.15) is 13.2 Å². The molecule has 1 aliphatic heterocycles. The third-order valence-corrected chi connectivity index (χ3v) is 15.2. The van der Waals surface area contributed by atoms with Gasteiger partial charge in [0, 0.05) is 13.8 Å². The summed E-state index contributed by atoms with van der Waals surface area (Å²) in [5.74, 6) is -4.75. The third kappa shape index (κ3) is 8.52. The van der Waals surface area contributed by atoms with Crippen molar-refractivity contribution in [1.82, 2.24) is 9.80 Å². The van der Waals surface area contributed by atoms with Gasteiger partial charge < -0.3 is 9.47 Å². The molecule has 0 atom stereocenters. The summed E-state index contributed by atoms with van der Waals surface area (Å²) in [6.07, 6.45) is 0.218. The van der Waals surface area contributed by atoms with E-state index in [9.17, 15) is 19.2 Å². The minimum absolute atomic E-state index is 0.0259. The number of halogens is 1. The molecule has 0 spiro atoms. The molecule has 1 heterocycles. The monoisotopic (exact) mass is 668 g/mol. The Kier molecular flexibility index (Phi) is 12.3. The van der Waals surface area contributed by atoms with Crippen molar-refractivity contribution in [3.05, 3.63) is 91.0 Å². The minimum atomic E-state index is -3.76. The molecule has 4 rings (SSSR count). The van der Waals surface area contributed by atoms with Crippen molar-refractivity contribution in [2.24, 2.45) is 0 Å². The predicted molar refractivity (Wildman–Crippen MR) is 181 cm³/mol. The van der Waals surface area contributed by atoms with E-state index in [4.69, 9.17) is 25.5 Å². The first-order chi connectivity index (χ1) is 22.1. The van der Waals surface area contributed by atoms with Crippen LogP contribution in [-0.2, 0) is 33.4 Å². The zero-order valence-corrected chi connectivity index (χ0v) is 28.0. The fraction of sp³-hybridized carbons (Fsp3) is 0.371. The molecule has 0 saturated carbocycles. The van der Waals surface area contributed by atoms with Gasteiger partial charge in [-0.05, 0) is 0 Å². The van der Waals surface area contributed by atoms with Gasteiger partial charge in [0.05, 0.1) is 0 Å². The van der Waals surface area contributed by atoms with Gasteiger partial charge in [0.15, 0.2) is 0 Å². The Balaban J connectivity index is 1.39. The van der Waals surface area contributed by atoms with Crippen LogP contribution in [0.1, 0.15) is 26.7 Å². The van der Waals surface area contributed by atoms with Crippen molar-refractivity contribution in [2.75, 3.05) is 52.2 Å². The van der Waals surface area contributed by atoms with Crippen LogP contribution in [0.3, 0.4) is 0 Å². The Hall–Kier alpha value is -3.78. The molecular formula is C35H42ClN2O7P. The van der Waals surface area contributed by atoms with Crippen molar-refractivity contribution in [3.8, 4) is 0 Å². The van der Waals surface area contributed by atoms with Gasteiger partial charge >= 0.3 is 230 Å². The van der Waals surface area contributed by atoms with E-state index in [1.165, 1.54) is 13.8 Å². The molecule has 0 N–H and O–H groups in total. The van der Waals surface area contributed by atoms with E-state index in [1.54, 1.807) is 4.90 Å². The van der Waals surface area contributed by atoms with E-state index in [2.05, 4.69) is 0 Å². The van der Waals surface area contributed by atoms with Gasteiger partial charge in [-0.25, -0.2) is 0 Å². The zero-order chi connectivity index (χ0) is 33.0. The number of carbonyl (C=O) groups is 4. The molecule has 1 aliphatic rings. The molecule has 1 saturated heterocycles. The topological polar surface area (TPSA) is 102 Å². The summed E-state index contributed by atoms with van der Waals surface area (Å²) in [5, 5.41) is 2.79. The van der Waals surface area contributed by atoms with Crippen molar-refractivity contribution < 1.29 is 33.4 Å². The van der Waals surface area contributed by atoms with Crippen LogP contribution in [0.15, 0.2) is 91.0 Å². The van der Waals surface area contributed by atoms with E-state index < -0.39 is 24.0 Å². The van der Waals surface area contributed by atoms with Crippen LogP contribution >= 0.6 is 17.2 Å². The first kappa shape index (κ1) is 35.1. The van der Waals surface area contributed by atoms with Crippen LogP contribution < -0.4 is 15.9 Å². The number of hydrogen-bond acceptors (Lipinski definition) is 7. The molecule has 0 aliphatic carbocycles. The quantitative estimate of drug-likeness (QED) is 0.147. The first-order valence-electron chi connectivity index (χ1n) is 15.5. The summed E-state index contributed by atoms with van der Waals surface area (Å²) in [5.41, 5.74) is 0. The van der Waals surface area contributed by atoms with Gasteiger partial charge in [0.2, 0.25) is 0 Å². The number of hydrogen-bond donors (Lipinski definition) is 0. The number of carbonyl (C=O) groups excluding carboxylic acids is 4. The second-order valence-corrected chi connectivity index (χ2v) is 17.8. The van der Waals surface area contributed by atoms with Crippen LogP contribution in [0.4, 0.5) is 0 Å². The number of amides is 2. The Labute approximate surface area is 275 Å². The average molecular weight is 669 g/mol. The van der Waals surface area contributed by atoms with Crippen LogP contribution in [0.25, 0.3) is 0 Å². The molecule has 3 aromatic rings. The SMILES string of the molecule is CC(=O)OCC(COC(C)=O)OCCCC(=O)N1CCN(C(=O)CP(Cl)(c2ccccc2)(c2ccccc2)c2ccccc2)CC1. The molecule has 3 aromatic carbocycles. The van der Waals surface area contributed by atoms with E-state index >= 15 is 0 Å². The Bertz CT molecular complexity index is 1350. The van der Waals surface area contributed by atoms with E-state index in [-0.39, 0.29) is 44.2 Å². The van der Waals surface area contributed by atoms with Crippen LogP contribution in [-0.4, -0.2) is 91.8 Å². The Morgan fingerprint density at radius 3 is 1.46 bits per heavy atom. The van der Waals surface area contributed by atoms with E-state index in [0.29, 0.717) is 32.6 Å². The second kappa shape index (κ2) is 16.2. The van der Waals surface area contributed by atoms with Gasteiger partial charge in [-0.15, -0.1) is 0 Å². The van der Waals surface area contributed by atoms with E-state index in [0.717, 1.165) is 15.9 Å². The average Bonchev–Trinajstić information content (AvgIpc) is 3.08. The molecule has 11 heteroatoms. The number of esters is 2. The van der Waals surface area contributed by atoms with Crippen molar-refractivity contribution >= 4 is 56.9 Å². The van der Waals surface area contributed by atoms with Gasteiger partial charge in [-0.1, -0.05) is 0 Å².